The number of carbonyl (C=O) groups excluding carboxylic acids is 2. The summed E-state index contributed by atoms with van der Waals surface area (Å²) in [6.07, 6.45) is 2.86. The molecule has 10 nitrogen and oxygen atoms in total. The summed E-state index contributed by atoms with van der Waals surface area (Å²) in [5.74, 6) is 1.44. The van der Waals surface area contributed by atoms with E-state index in [4.69, 9.17) is 19.9 Å². The van der Waals surface area contributed by atoms with E-state index in [1.54, 1.807) is 12.0 Å². The summed E-state index contributed by atoms with van der Waals surface area (Å²) in [5, 5.41) is 0. The molecule has 1 aliphatic carbocycles. The van der Waals surface area contributed by atoms with Crippen molar-refractivity contribution in [3.63, 3.8) is 0 Å². The maximum atomic E-state index is 12.6. The highest BCUT2D eigenvalue weighted by Crippen LogP contribution is 2.37. The second kappa shape index (κ2) is 7.69. The fourth-order valence-corrected chi connectivity index (χ4v) is 4.29. The third kappa shape index (κ3) is 3.52. The Morgan fingerprint density at radius 2 is 2.03 bits per heavy atom. The maximum absolute atomic E-state index is 12.6. The van der Waals surface area contributed by atoms with Gasteiger partial charge in [-0.1, -0.05) is 12.1 Å². The van der Waals surface area contributed by atoms with Crippen molar-refractivity contribution in [3.8, 4) is 11.5 Å². The predicted molar refractivity (Wildman–Crippen MR) is 110 cm³/mol. The molecule has 2 aromatic rings. The van der Waals surface area contributed by atoms with Crippen LogP contribution < -0.4 is 25.0 Å². The predicted octanol–water partition coefficient (Wildman–Crippen LogP) is 1.62. The zero-order chi connectivity index (χ0) is 21.5. The first-order chi connectivity index (χ1) is 15.0. The van der Waals surface area contributed by atoms with E-state index in [0.717, 1.165) is 17.7 Å². The Kier molecular flexibility index (Phi) is 4.85. The molecule has 2 N–H and O–H groups in total. The number of anilines is 2. The monoisotopic (exact) mass is 425 g/mol. The van der Waals surface area contributed by atoms with Crippen molar-refractivity contribution in [3.05, 3.63) is 36.0 Å². The summed E-state index contributed by atoms with van der Waals surface area (Å²) in [6, 6.07) is 7.29. The van der Waals surface area contributed by atoms with Gasteiger partial charge in [-0.25, -0.2) is 14.7 Å². The van der Waals surface area contributed by atoms with Gasteiger partial charge in [-0.15, -0.1) is 0 Å². The van der Waals surface area contributed by atoms with E-state index in [1.165, 1.54) is 11.1 Å². The van der Waals surface area contributed by atoms with E-state index in [1.807, 2.05) is 24.3 Å². The van der Waals surface area contributed by atoms with E-state index in [0.29, 0.717) is 31.0 Å². The number of aromatic nitrogens is 2. The number of amides is 2. The largest absolute Gasteiger partial charge is 0.497 e. The van der Waals surface area contributed by atoms with Crippen LogP contribution in [0.2, 0.25) is 0 Å². The van der Waals surface area contributed by atoms with Crippen LogP contribution in [-0.4, -0.2) is 53.9 Å². The molecule has 0 spiro atoms. The molecular formula is C21H23N5O5. The van der Waals surface area contributed by atoms with Crippen LogP contribution in [0.15, 0.2) is 30.5 Å². The van der Waals surface area contributed by atoms with Crippen molar-refractivity contribution in [2.75, 3.05) is 23.5 Å². The van der Waals surface area contributed by atoms with Crippen molar-refractivity contribution in [1.29, 1.82) is 0 Å². The molecule has 10 heteroatoms. The lowest BCUT2D eigenvalue weighted by molar-refractivity contribution is -0.121. The molecule has 5 rings (SSSR count). The van der Waals surface area contributed by atoms with Gasteiger partial charge in [0.2, 0.25) is 5.95 Å². The van der Waals surface area contributed by atoms with Crippen LogP contribution in [0.4, 0.5) is 16.6 Å². The van der Waals surface area contributed by atoms with E-state index in [2.05, 4.69) is 9.97 Å². The average molecular weight is 425 g/mol. The first-order valence-corrected chi connectivity index (χ1v) is 10.2. The van der Waals surface area contributed by atoms with Crippen LogP contribution in [0.5, 0.6) is 11.5 Å². The molecule has 0 bridgehead atoms. The van der Waals surface area contributed by atoms with Gasteiger partial charge in [0.25, 0.3) is 5.91 Å². The highest BCUT2D eigenvalue weighted by Gasteiger charge is 2.47. The summed E-state index contributed by atoms with van der Waals surface area (Å²) in [5.41, 5.74) is 6.93. The molecule has 3 aliphatic rings. The number of benzene rings is 1. The van der Waals surface area contributed by atoms with Gasteiger partial charge in [0.15, 0.2) is 18.2 Å². The Labute approximate surface area is 178 Å². The van der Waals surface area contributed by atoms with Gasteiger partial charge in [-0.2, -0.15) is 4.98 Å². The Morgan fingerprint density at radius 3 is 2.81 bits per heavy atom. The lowest BCUT2D eigenvalue weighted by Crippen LogP contribution is -2.45. The smallest absolute Gasteiger partial charge is 0.417 e. The SMILES string of the molecule is COc1ccc(CN2C(=O)COc3cnc(N4C(=O)O[C@H]5C[C@@H](N)CC[C@@H]54)nc32)cc1. The van der Waals surface area contributed by atoms with Crippen molar-refractivity contribution in [2.45, 2.75) is 44.0 Å². The minimum absolute atomic E-state index is 0.0180. The van der Waals surface area contributed by atoms with Crippen molar-refractivity contribution < 1.29 is 23.8 Å². The maximum Gasteiger partial charge on any atom is 0.417 e. The highest BCUT2D eigenvalue weighted by atomic mass is 16.6. The lowest BCUT2D eigenvalue weighted by atomic mass is 9.89. The summed E-state index contributed by atoms with van der Waals surface area (Å²) in [6.45, 7) is 0.210. The average Bonchev–Trinajstić information content (AvgIpc) is 3.10. The first-order valence-electron chi connectivity index (χ1n) is 10.2. The van der Waals surface area contributed by atoms with Gasteiger partial charge in [-0.3, -0.25) is 9.69 Å². The number of hydrogen-bond donors (Lipinski definition) is 1. The topological polar surface area (TPSA) is 120 Å². The minimum Gasteiger partial charge on any atom is -0.497 e. The van der Waals surface area contributed by atoms with Crippen LogP contribution >= 0.6 is 0 Å². The fraction of sp³-hybridized carbons (Fsp3) is 0.429. The molecule has 0 radical (unpaired) electrons. The lowest BCUT2D eigenvalue weighted by Gasteiger charge is -2.31. The number of nitrogens with two attached hydrogens (primary N) is 1. The van der Waals surface area contributed by atoms with Crippen LogP contribution in [0.25, 0.3) is 0 Å². The second-order valence-electron chi connectivity index (χ2n) is 7.91. The van der Waals surface area contributed by atoms with Gasteiger partial charge in [0.05, 0.1) is 25.9 Å². The van der Waals surface area contributed by atoms with Crippen LogP contribution in [0.3, 0.4) is 0 Å². The Morgan fingerprint density at radius 1 is 1.23 bits per heavy atom. The van der Waals surface area contributed by atoms with Crippen LogP contribution in [0.1, 0.15) is 24.8 Å². The van der Waals surface area contributed by atoms with Crippen LogP contribution in [0, 0.1) is 0 Å². The quantitative estimate of drug-likeness (QED) is 0.785. The number of fused-ring (bicyclic) bond motifs is 2. The number of ether oxygens (including phenoxy) is 3. The number of methoxy groups -OCH3 is 1. The molecule has 2 fully saturated rings. The second-order valence-corrected chi connectivity index (χ2v) is 7.91. The van der Waals surface area contributed by atoms with Gasteiger partial charge < -0.3 is 19.9 Å². The summed E-state index contributed by atoms with van der Waals surface area (Å²) in [7, 11) is 1.60. The van der Waals surface area contributed by atoms with Crippen molar-refractivity contribution in [2.24, 2.45) is 5.73 Å². The Hall–Kier alpha value is -3.40. The molecule has 0 unspecified atom stereocenters. The van der Waals surface area contributed by atoms with Crippen molar-refractivity contribution in [1.82, 2.24) is 9.97 Å². The zero-order valence-corrected chi connectivity index (χ0v) is 17.1. The minimum atomic E-state index is -0.492. The summed E-state index contributed by atoms with van der Waals surface area (Å²) >= 11 is 0. The van der Waals surface area contributed by atoms with Gasteiger partial charge in [0.1, 0.15) is 11.9 Å². The molecule has 162 valence electrons. The molecule has 2 amide bonds. The number of hydrogen-bond acceptors (Lipinski definition) is 8. The van der Waals surface area contributed by atoms with Crippen molar-refractivity contribution >= 4 is 23.8 Å². The fourth-order valence-electron chi connectivity index (χ4n) is 4.29. The zero-order valence-electron chi connectivity index (χ0n) is 17.1. The molecule has 31 heavy (non-hydrogen) atoms. The third-order valence-electron chi connectivity index (χ3n) is 5.92. The van der Waals surface area contributed by atoms with Gasteiger partial charge in [-0.05, 0) is 30.5 Å². The molecule has 2 aliphatic heterocycles. The summed E-state index contributed by atoms with van der Waals surface area (Å²) in [4.78, 5) is 37.1. The first kappa shape index (κ1) is 19.6. The van der Waals surface area contributed by atoms with Gasteiger partial charge >= 0.3 is 6.09 Å². The van der Waals surface area contributed by atoms with Crippen LogP contribution in [-0.2, 0) is 16.1 Å². The Bertz CT molecular complexity index is 1010. The molecule has 3 atom stereocenters. The highest BCUT2D eigenvalue weighted by molar-refractivity contribution is 5.97. The molecule has 1 aromatic carbocycles. The number of carbonyl (C=O) groups is 2. The number of rotatable bonds is 4. The standard InChI is InChI=1S/C21H23N5O5/c1-29-14-5-2-12(3-6-14)10-25-18(27)11-30-17-9-23-20(24-19(17)25)26-15-7-4-13(22)8-16(15)31-21(26)28/h2-3,5-6,9,13,15-16H,4,7-8,10-11,22H2,1H3/t13-,15-,16-/m0/s1. The molecule has 3 heterocycles. The molecular weight excluding hydrogens is 402 g/mol. The molecule has 1 saturated heterocycles. The normalized spacial score (nSPS) is 24.9. The number of nitrogens with zero attached hydrogens (tertiary/aromatic N) is 4. The van der Waals surface area contributed by atoms with E-state index < -0.39 is 6.09 Å². The van der Waals surface area contributed by atoms with E-state index in [-0.39, 0.29) is 36.7 Å². The van der Waals surface area contributed by atoms with Gasteiger partial charge in [0, 0.05) is 12.5 Å². The third-order valence-corrected chi connectivity index (χ3v) is 5.92. The van der Waals surface area contributed by atoms with E-state index >= 15 is 0 Å². The molecule has 1 saturated carbocycles. The Balaban J connectivity index is 1.45. The summed E-state index contributed by atoms with van der Waals surface area (Å²) < 4.78 is 16.2. The van der Waals surface area contributed by atoms with E-state index in [9.17, 15) is 9.59 Å². The molecule has 1 aromatic heterocycles.